The fraction of sp³-hybridized carbons (Fsp3) is 0. The van der Waals surface area contributed by atoms with Crippen LogP contribution in [0.3, 0.4) is 0 Å². The number of hydrogen-bond acceptors (Lipinski definition) is 0. The van der Waals surface area contributed by atoms with Crippen LogP contribution in [-0.2, 0) is 0 Å². The summed E-state index contributed by atoms with van der Waals surface area (Å²) in [6.45, 7) is 0. The highest BCUT2D eigenvalue weighted by molar-refractivity contribution is 6.24. The van der Waals surface area contributed by atoms with E-state index in [2.05, 4.69) is 255 Å². The first-order valence-corrected chi connectivity index (χ1v) is 21.4. The predicted octanol–water partition coefficient (Wildman–Crippen LogP) is 17.3. The first kappa shape index (κ1) is 37.0. The molecule has 0 N–H and O–H groups in total. The van der Waals surface area contributed by atoms with E-state index in [1.807, 2.05) is 0 Å². The maximum atomic E-state index is 2.33. The van der Waals surface area contributed by atoms with E-state index in [9.17, 15) is 0 Å². The first-order valence-electron chi connectivity index (χ1n) is 21.4. The Morgan fingerprint density at radius 2 is 0.565 bits per heavy atom. The van der Waals surface area contributed by atoms with Crippen molar-refractivity contribution in [3.8, 4) is 66.8 Å². The number of benzene rings is 11. The third kappa shape index (κ3) is 6.98. The maximum absolute atomic E-state index is 2.33. The maximum Gasteiger partial charge on any atom is -0.00201 e. The molecule has 62 heavy (non-hydrogen) atoms. The van der Waals surface area contributed by atoms with Gasteiger partial charge in [-0.1, -0.05) is 237 Å². The van der Waals surface area contributed by atoms with E-state index >= 15 is 0 Å². The molecule has 0 spiro atoms. The molecule has 0 unspecified atom stereocenters. The zero-order chi connectivity index (χ0) is 41.2. The fourth-order valence-corrected chi connectivity index (χ4v) is 9.24. The van der Waals surface area contributed by atoms with Gasteiger partial charge in [0, 0.05) is 0 Å². The molecule has 0 bridgehead atoms. The van der Waals surface area contributed by atoms with Crippen molar-refractivity contribution in [2.45, 2.75) is 0 Å². The average molecular weight is 787 g/mol. The Hall–Kier alpha value is -8.06. The van der Waals surface area contributed by atoms with Crippen molar-refractivity contribution in [3.63, 3.8) is 0 Å². The van der Waals surface area contributed by atoms with Gasteiger partial charge < -0.3 is 0 Å². The standard InChI is InChI=1S/C62H42/c1-4-16-44(17-5-1)47-31-28-43(29-32-47)30-33-49-38-39-60(55-23-11-10-22-54(49)55)62-58-26-14-12-24-56(58)61(57-25-13-15-27-59(57)62)50-36-34-48(35-37-50)53-41-51(45-18-6-2-7-19-45)40-52(42-53)46-20-8-3-9-21-46/h1-42H. The third-order valence-corrected chi connectivity index (χ3v) is 12.3. The van der Waals surface area contributed by atoms with Crippen molar-refractivity contribution in [3.05, 3.63) is 254 Å². The minimum Gasteiger partial charge on any atom is -0.0622 e. The first-order chi connectivity index (χ1) is 30.7. The van der Waals surface area contributed by atoms with E-state index in [1.54, 1.807) is 0 Å². The Kier molecular flexibility index (Phi) is 9.65. The SMILES string of the molecule is C(=Cc1ccc(-c2c3ccccc3c(-c3ccc(-c4cc(-c5ccccc5)cc(-c5ccccc5)c4)cc3)c3ccccc23)c2ccccc12)c1ccc(-c2ccccc2)cc1. The molecule has 11 rings (SSSR count). The van der Waals surface area contributed by atoms with Crippen LogP contribution in [-0.4, -0.2) is 0 Å². The molecule has 0 heterocycles. The molecule has 0 saturated heterocycles. The lowest BCUT2D eigenvalue weighted by Gasteiger charge is -2.19. The van der Waals surface area contributed by atoms with E-state index in [4.69, 9.17) is 0 Å². The second kappa shape index (κ2) is 16.2. The summed E-state index contributed by atoms with van der Waals surface area (Å²) < 4.78 is 0. The number of hydrogen-bond donors (Lipinski definition) is 0. The summed E-state index contributed by atoms with van der Waals surface area (Å²) in [4.78, 5) is 0. The molecule has 0 aliphatic rings. The van der Waals surface area contributed by atoms with Crippen molar-refractivity contribution in [2.24, 2.45) is 0 Å². The summed E-state index contributed by atoms with van der Waals surface area (Å²) in [6, 6.07) is 88.3. The van der Waals surface area contributed by atoms with Crippen LogP contribution in [0.15, 0.2) is 243 Å². The van der Waals surface area contributed by atoms with Gasteiger partial charge in [-0.15, -0.1) is 0 Å². The second-order valence-corrected chi connectivity index (χ2v) is 16.0. The summed E-state index contributed by atoms with van der Waals surface area (Å²) >= 11 is 0. The molecule has 0 nitrogen and oxygen atoms in total. The third-order valence-electron chi connectivity index (χ3n) is 12.3. The molecule has 290 valence electrons. The summed E-state index contributed by atoms with van der Waals surface area (Å²) in [5, 5.41) is 7.48. The highest BCUT2D eigenvalue weighted by Crippen LogP contribution is 2.46. The Morgan fingerprint density at radius 1 is 0.210 bits per heavy atom. The topological polar surface area (TPSA) is 0 Å². The van der Waals surface area contributed by atoms with E-state index in [-0.39, 0.29) is 0 Å². The second-order valence-electron chi connectivity index (χ2n) is 16.0. The Morgan fingerprint density at radius 3 is 1.06 bits per heavy atom. The van der Waals surface area contributed by atoms with Crippen LogP contribution in [0.25, 0.3) is 111 Å². The van der Waals surface area contributed by atoms with Crippen molar-refractivity contribution in [1.29, 1.82) is 0 Å². The minimum absolute atomic E-state index is 1.18. The van der Waals surface area contributed by atoms with Gasteiger partial charge in [0.2, 0.25) is 0 Å². The van der Waals surface area contributed by atoms with Crippen molar-refractivity contribution < 1.29 is 0 Å². The van der Waals surface area contributed by atoms with Crippen LogP contribution in [0.2, 0.25) is 0 Å². The average Bonchev–Trinajstić information content (AvgIpc) is 3.36. The van der Waals surface area contributed by atoms with Crippen molar-refractivity contribution in [1.82, 2.24) is 0 Å². The highest BCUT2D eigenvalue weighted by atomic mass is 14.2. The van der Waals surface area contributed by atoms with E-state index in [1.165, 1.54) is 110 Å². The van der Waals surface area contributed by atoms with E-state index < -0.39 is 0 Å². The molecule has 0 aliphatic heterocycles. The van der Waals surface area contributed by atoms with Crippen LogP contribution < -0.4 is 0 Å². The van der Waals surface area contributed by atoms with Crippen molar-refractivity contribution >= 4 is 44.5 Å². The molecule has 0 fully saturated rings. The monoisotopic (exact) mass is 786 g/mol. The van der Waals surface area contributed by atoms with Gasteiger partial charge in [-0.25, -0.2) is 0 Å². The minimum atomic E-state index is 1.18. The molecule has 0 atom stereocenters. The lowest BCUT2D eigenvalue weighted by molar-refractivity contribution is 1.56. The Bertz CT molecular complexity index is 3280. The van der Waals surface area contributed by atoms with Gasteiger partial charge in [0.15, 0.2) is 0 Å². The van der Waals surface area contributed by atoms with Crippen LogP contribution in [0, 0.1) is 0 Å². The fourth-order valence-electron chi connectivity index (χ4n) is 9.24. The van der Waals surface area contributed by atoms with Crippen LogP contribution in [0.5, 0.6) is 0 Å². The molecule has 0 aromatic heterocycles. The van der Waals surface area contributed by atoms with Crippen LogP contribution in [0.1, 0.15) is 11.1 Å². The lowest BCUT2D eigenvalue weighted by atomic mass is 9.84. The molecular weight excluding hydrogens is 745 g/mol. The Labute approximate surface area is 363 Å². The van der Waals surface area contributed by atoms with Gasteiger partial charge in [-0.3, -0.25) is 0 Å². The number of fused-ring (bicyclic) bond motifs is 3. The van der Waals surface area contributed by atoms with Gasteiger partial charge in [0.1, 0.15) is 0 Å². The Balaban J connectivity index is 1.00. The lowest BCUT2D eigenvalue weighted by Crippen LogP contribution is -1.92. The van der Waals surface area contributed by atoms with Crippen LogP contribution >= 0.6 is 0 Å². The predicted molar refractivity (Wildman–Crippen MR) is 267 cm³/mol. The quantitative estimate of drug-likeness (QED) is 0.106. The van der Waals surface area contributed by atoms with E-state index in [0.29, 0.717) is 0 Å². The normalized spacial score (nSPS) is 11.5. The van der Waals surface area contributed by atoms with Gasteiger partial charge in [0.05, 0.1) is 0 Å². The summed E-state index contributed by atoms with van der Waals surface area (Å²) in [7, 11) is 0. The molecule has 0 saturated carbocycles. The largest absolute Gasteiger partial charge is 0.0622 e. The summed E-state index contributed by atoms with van der Waals surface area (Å²) in [5.41, 5.74) is 17.1. The molecular formula is C62H42. The molecule has 0 heteroatoms. The molecule has 0 amide bonds. The van der Waals surface area contributed by atoms with E-state index in [0.717, 1.165) is 0 Å². The van der Waals surface area contributed by atoms with Gasteiger partial charge in [-0.05, 0) is 128 Å². The smallest absolute Gasteiger partial charge is 0.00201 e. The van der Waals surface area contributed by atoms with Crippen LogP contribution in [0.4, 0.5) is 0 Å². The van der Waals surface area contributed by atoms with Gasteiger partial charge in [-0.2, -0.15) is 0 Å². The molecule has 11 aromatic rings. The zero-order valence-corrected chi connectivity index (χ0v) is 34.2. The van der Waals surface area contributed by atoms with Gasteiger partial charge >= 0.3 is 0 Å². The molecule has 0 aliphatic carbocycles. The molecule has 0 radical (unpaired) electrons. The number of rotatable bonds is 8. The highest BCUT2D eigenvalue weighted by Gasteiger charge is 2.19. The molecule has 11 aromatic carbocycles. The van der Waals surface area contributed by atoms with Gasteiger partial charge in [0.25, 0.3) is 0 Å². The summed E-state index contributed by atoms with van der Waals surface area (Å²) in [6.07, 6.45) is 4.48. The summed E-state index contributed by atoms with van der Waals surface area (Å²) in [5.74, 6) is 0. The zero-order valence-electron chi connectivity index (χ0n) is 34.2. The van der Waals surface area contributed by atoms with Crippen molar-refractivity contribution in [2.75, 3.05) is 0 Å².